The van der Waals surface area contributed by atoms with Gasteiger partial charge in [0.15, 0.2) is 6.29 Å². The molecular weight excluding hydrogens is 240 g/mol. The first kappa shape index (κ1) is 13.3. The molecule has 4 heteroatoms. The Morgan fingerprint density at radius 3 is 2.84 bits per heavy atom. The number of benzene rings is 1. The third kappa shape index (κ3) is 2.67. The number of rotatable bonds is 5. The molecule has 4 nitrogen and oxygen atoms in total. The number of nitrogens with zero attached hydrogens (tertiary/aromatic N) is 1. The number of carbonyl (C=O) groups is 1. The van der Waals surface area contributed by atoms with Crippen LogP contribution in [-0.2, 0) is 12.8 Å². The van der Waals surface area contributed by atoms with Gasteiger partial charge in [0.25, 0.3) is 0 Å². The van der Waals surface area contributed by atoms with Gasteiger partial charge in [-0.2, -0.15) is 5.10 Å². The number of aryl methyl sites for hydroxylation is 2. The average Bonchev–Trinajstić information content (AvgIpc) is 2.78. The molecule has 0 radical (unpaired) electrons. The van der Waals surface area contributed by atoms with Crippen LogP contribution in [0.5, 0.6) is 5.75 Å². The predicted octanol–water partition coefficient (Wildman–Crippen LogP) is 2.69. The number of nitrogens with one attached hydrogen (secondary N) is 1. The highest BCUT2D eigenvalue weighted by Crippen LogP contribution is 2.22. The van der Waals surface area contributed by atoms with E-state index in [-0.39, 0.29) is 0 Å². The Hall–Kier alpha value is -2.10. The van der Waals surface area contributed by atoms with Crippen LogP contribution in [0.4, 0.5) is 0 Å². The maximum absolute atomic E-state index is 11.0. The van der Waals surface area contributed by atoms with Crippen molar-refractivity contribution in [3.05, 3.63) is 46.3 Å². The van der Waals surface area contributed by atoms with Gasteiger partial charge < -0.3 is 4.74 Å². The van der Waals surface area contributed by atoms with Crippen molar-refractivity contribution in [1.82, 2.24) is 10.2 Å². The summed E-state index contributed by atoms with van der Waals surface area (Å²) in [6.07, 6.45) is 2.42. The molecule has 0 bridgehead atoms. The maximum Gasteiger partial charge on any atom is 0.153 e. The summed E-state index contributed by atoms with van der Waals surface area (Å²) in [5.74, 6) is 0.903. The lowest BCUT2D eigenvalue weighted by molar-refractivity contribution is 0.112. The minimum atomic E-state index is 0.648. The van der Waals surface area contributed by atoms with Crippen molar-refractivity contribution in [3.8, 4) is 5.75 Å². The minimum Gasteiger partial charge on any atom is -0.496 e. The molecule has 1 aromatic carbocycles. The van der Waals surface area contributed by atoms with Gasteiger partial charge in [0.1, 0.15) is 5.75 Å². The third-order valence-electron chi connectivity index (χ3n) is 3.29. The minimum absolute atomic E-state index is 0.648. The van der Waals surface area contributed by atoms with E-state index in [1.165, 1.54) is 5.56 Å². The van der Waals surface area contributed by atoms with Gasteiger partial charge in [0.05, 0.1) is 18.4 Å². The van der Waals surface area contributed by atoms with E-state index in [0.717, 1.165) is 35.4 Å². The van der Waals surface area contributed by atoms with E-state index in [0.29, 0.717) is 12.0 Å². The third-order valence-corrected chi connectivity index (χ3v) is 3.29. The van der Waals surface area contributed by atoms with Gasteiger partial charge >= 0.3 is 0 Å². The Bertz CT molecular complexity index is 588. The Labute approximate surface area is 112 Å². The fourth-order valence-corrected chi connectivity index (χ4v) is 2.19. The van der Waals surface area contributed by atoms with Crippen molar-refractivity contribution in [2.75, 3.05) is 7.11 Å². The fraction of sp³-hybridized carbons (Fsp3) is 0.333. The zero-order valence-corrected chi connectivity index (χ0v) is 11.5. The van der Waals surface area contributed by atoms with Gasteiger partial charge in [-0.25, -0.2) is 0 Å². The standard InChI is InChI=1S/C15H18N2O2/c1-4-12-7-11(5-6-15(12)19-3)8-14-13(9-18)10(2)16-17-14/h5-7,9H,4,8H2,1-3H3,(H,16,17). The lowest BCUT2D eigenvalue weighted by Crippen LogP contribution is -1.97. The molecule has 2 aromatic rings. The van der Waals surface area contributed by atoms with Crippen LogP contribution >= 0.6 is 0 Å². The van der Waals surface area contributed by atoms with Gasteiger partial charge in [-0.3, -0.25) is 9.89 Å². The molecule has 0 aliphatic carbocycles. The summed E-state index contributed by atoms with van der Waals surface area (Å²) in [5.41, 5.74) is 4.56. The molecule has 0 fully saturated rings. The second kappa shape index (κ2) is 5.69. The van der Waals surface area contributed by atoms with Crippen LogP contribution in [0.1, 0.15) is 39.8 Å². The first-order valence-electron chi connectivity index (χ1n) is 6.34. The maximum atomic E-state index is 11.0. The average molecular weight is 258 g/mol. The molecule has 0 saturated carbocycles. The number of hydrogen-bond acceptors (Lipinski definition) is 3. The highest BCUT2D eigenvalue weighted by Gasteiger charge is 2.11. The summed E-state index contributed by atoms with van der Waals surface area (Å²) < 4.78 is 5.31. The normalized spacial score (nSPS) is 10.5. The van der Waals surface area contributed by atoms with E-state index in [1.54, 1.807) is 7.11 Å². The lowest BCUT2D eigenvalue weighted by atomic mass is 10.0. The first-order chi connectivity index (χ1) is 9.19. The second-order valence-corrected chi connectivity index (χ2v) is 4.50. The summed E-state index contributed by atoms with van der Waals surface area (Å²) in [6.45, 7) is 3.95. The zero-order valence-electron chi connectivity index (χ0n) is 11.5. The van der Waals surface area contributed by atoms with Crippen LogP contribution in [0.2, 0.25) is 0 Å². The van der Waals surface area contributed by atoms with Crippen LogP contribution in [0, 0.1) is 6.92 Å². The monoisotopic (exact) mass is 258 g/mol. The Balaban J connectivity index is 2.30. The number of aromatic amines is 1. The molecule has 0 spiro atoms. The number of hydrogen-bond donors (Lipinski definition) is 1. The molecule has 0 saturated heterocycles. The summed E-state index contributed by atoms with van der Waals surface area (Å²) in [7, 11) is 1.68. The van der Waals surface area contributed by atoms with Crippen LogP contribution in [-0.4, -0.2) is 23.6 Å². The summed E-state index contributed by atoms with van der Waals surface area (Å²) in [6, 6.07) is 6.09. The molecule has 2 rings (SSSR count). The molecule has 100 valence electrons. The van der Waals surface area contributed by atoms with E-state index < -0.39 is 0 Å². The van der Waals surface area contributed by atoms with Crippen LogP contribution in [0.3, 0.4) is 0 Å². The first-order valence-corrected chi connectivity index (χ1v) is 6.34. The SMILES string of the molecule is CCc1cc(Cc2n[nH]c(C)c2C=O)ccc1OC. The topological polar surface area (TPSA) is 55.0 Å². The predicted molar refractivity (Wildman–Crippen MR) is 73.9 cm³/mol. The molecule has 0 aliphatic heterocycles. The molecule has 1 heterocycles. The van der Waals surface area contributed by atoms with Crippen LogP contribution < -0.4 is 4.74 Å². The fourth-order valence-electron chi connectivity index (χ4n) is 2.19. The van der Waals surface area contributed by atoms with E-state index in [9.17, 15) is 4.79 Å². The van der Waals surface area contributed by atoms with Crippen molar-refractivity contribution in [3.63, 3.8) is 0 Å². The van der Waals surface area contributed by atoms with Crippen molar-refractivity contribution in [2.45, 2.75) is 26.7 Å². The summed E-state index contributed by atoms with van der Waals surface area (Å²) in [4.78, 5) is 11.0. The van der Waals surface area contributed by atoms with E-state index in [2.05, 4.69) is 23.2 Å². The number of methoxy groups -OCH3 is 1. The lowest BCUT2D eigenvalue weighted by Gasteiger charge is -2.08. The summed E-state index contributed by atoms with van der Waals surface area (Å²) in [5, 5.41) is 7.05. The van der Waals surface area contributed by atoms with Crippen LogP contribution in [0.25, 0.3) is 0 Å². The molecule has 0 aliphatic rings. The zero-order chi connectivity index (χ0) is 13.8. The second-order valence-electron chi connectivity index (χ2n) is 4.50. The summed E-state index contributed by atoms with van der Waals surface area (Å²) >= 11 is 0. The molecule has 0 unspecified atom stereocenters. The molecule has 19 heavy (non-hydrogen) atoms. The highest BCUT2D eigenvalue weighted by atomic mass is 16.5. The van der Waals surface area contributed by atoms with E-state index >= 15 is 0 Å². The number of ether oxygens (including phenoxy) is 1. The number of H-pyrrole nitrogens is 1. The van der Waals surface area contributed by atoms with Crippen molar-refractivity contribution in [2.24, 2.45) is 0 Å². The number of aromatic nitrogens is 2. The molecule has 1 N–H and O–H groups in total. The molecular formula is C15H18N2O2. The van der Waals surface area contributed by atoms with Gasteiger partial charge in [-0.05, 0) is 30.5 Å². The smallest absolute Gasteiger partial charge is 0.153 e. The van der Waals surface area contributed by atoms with Crippen molar-refractivity contribution in [1.29, 1.82) is 0 Å². The Morgan fingerprint density at radius 1 is 1.42 bits per heavy atom. The largest absolute Gasteiger partial charge is 0.496 e. The molecule has 1 aromatic heterocycles. The van der Waals surface area contributed by atoms with Gasteiger partial charge in [-0.15, -0.1) is 0 Å². The van der Waals surface area contributed by atoms with E-state index in [4.69, 9.17) is 4.74 Å². The van der Waals surface area contributed by atoms with E-state index in [1.807, 2.05) is 19.1 Å². The van der Waals surface area contributed by atoms with Crippen molar-refractivity contribution >= 4 is 6.29 Å². The quantitative estimate of drug-likeness (QED) is 0.839. The van der Waals surface area contributed by atoms with Gasteiger partial charge in [0.2, 0.25) is 0 Å². The Morgan fingerprint density at radius 2 is 2.21 bits per heavy atom. The number of aldehydes is 1. The Kier molecular flexibility index (Phi) is 4.00. The van der Waals surface area contributed by atoms with Gasteiger partial charge in [-0.1, -0.05) is 19.1 Å². The molecule has 0 atom stereocenters. The van der Waals surface area contributed by atoms with Crippen LogP contribution in [0.15, 0.2) is 18.2 Å². The van der Waals surface area contributed by atoms with Gasteiger partial charge in [0, 0.05) is 12.1 Å². The number of carbonyl (C=O) groups excluding carboxylic acids is 1. The highest BCUT2D eigenvalue weighted by molar-refractivity contribution is 5.78. The van der Waals surface area contributed by atoms with Crippen molar-refractivity contribution < 1.29 is 9.53 Å². The molecule has 0 amide bonds.